The first kappa shape index (κ1) is 14.6. The highest BCUT2D eigenvalue weighted by Crippen LogP contribution is 2.15. The van der Waals surface area contributed by atoms with Crippen molar-refractivity contribution in [1.82, 2.24) is 0 Å². The maximum absolute atomic E-state index is 11.7. The van der Waals surface area contributed by atoms with Crippen molar-refractivity contribution in [3.05, 3.63) is 35.9 Å². The van der Waals surface area contributed by atoms with Crippen LogP contribution in [0.4, 0.5) is 0 Å². The molecule has 0 aliphatic carbocycles. The molecule has 0 N–H and O–H groups in total. The highest BCUT2D eigenvalue weighted by atomic mass is 16.1. The normalized spacial score (nSPS) is 12.4. The van der Waals surface area contributed by atoms with E-state index in [4.69, 9.17) is 0 Å². The topological polar surface area (TPSA) is 34.1 Å². The lowest BCUT2D eigenvalue weighted by atomic mass is 9.91. The number of hydrogen-bond donors (Lipinski definition) is 0. The van der Waals surface area contributed by atoms with Gasteiger partial charge in [0.1, 0.15) is 12.1 Å². The quantitative estimate of drug-likeness (QED) is 0.658. The summed E-state index contributed by atoms with van der Waals surface area (Å²) < 4.78 is 0. The Bertz CT molecular complexity index is 368. The van der Waals surface area contributed by atoms with E-state index in [0.717, 1.165) is 19.1 Å². The van der Waals surface area contributed by atoms with Gasteiger partial charge in [-0.2, -0.15) is 0 Å². The molecule has 1 atom stereocenters. The van der Waals surface area contributed by atoms with Crippen molar-refractivity contribution < 1.29 is 9.59 Å². The standard InChI is InChI=1S/C16H22O2/c1-13(2)15(12-17)11-16(18)10-6-9-14-7-4-3-5-8-14/h3-5,7-8,12-13,15H,6,9-11H2,1-2H3. The second kappa shape index (κ2) is 7.80. The van der Waals surface area contributed by atoms with Crippen LogP contribution in [0.15, 0.2) is 30.3 Å². The monoisotopic (exact) mass is 246 g/mol. The molecule has 98 valence electrons. The van der Waals surface area contributed by atoms with Gasteiger partial charge < -0.3 is 4.79 Å². The molecule has 0 aliphatic rings. The summed E-state index contributed by atoms with van der Waals surface area (Å²) in [5, 5.41) is 0. The Kier molecular flexibility index (Phi) is 6.34. The van der Waals surface area contributed by atoms with E-state index >= 15 is 0 Å². The summed E-state index contributed by atoms with van der Waals surface area (Å²) in [5.41, 5.74) is 1.26. The van der Waals surface area contributed by atoms with Gasteiger partial charge in [0.25, 0.3) is 0 Å². The molecule has 1 rings (SSSR count). The van der Waals surface area contributed by atoms with E-state index in [1.165, 1.54) is 5.56 Å². The average molecular weight is 246 g/mol. The van der Waals surface area contributed by atoms with Crippen LogP contribution < -0.4 is 0 Å². The van der Waals surface area contributed by atoms with Gasteiger partial charge in [0.05, 0.1) is 0 Å². The summed E-state index contributed by atoms with van der Waals surface area (Å²) in [6.45, 7) is 3.96. The average Bonchev–Trinajstić information content (AvgIpc) is 2.37. The highest BCUT2D eigenvalue weighted by Gasteiger charge is 2.16. The molecule has 0 radical (unpaired) electrons. The fourth-order valence-electron chi connectivity index (χ4n) is 1.94. The second-order valence-electron chi connectivity index (χ2n) is 5.13. The van der Waals surface area contributed by atoms with E-state index in [1.54, 1.807) is 0 Å². The van der Waals surface area contributed by atoms with Crippen LogP contribution in [0.2, 0.25) is 0 Å². The van der Waals surface area contributed by atoms with E-state index in [-0.39, 0.29) is 17.6 Å². The predicted octanol–water partition coefficient (Wildman–Crippen LogP) is 3.44. The van der Waals surface area contributed by atoms with E-state index in [1.807, 2.05) is 32.0 Å². The van der Waals surface area contributed by atoms with E-state index in [9.17, 15) is 9.59 Å². The van der Waals surface area contributed by atoms with Gasteiger partial charge in [-0.1, -0.05) is 44.2 Å². The first-order valence-electron chi connectivity index (χ1n) is 6.64. The van der Waals surface area contributed by atoms with Gasteiger partial charge in [0.2, 0.25) is 0 Å². The van der Waals surface area contributed by atoms with E-state index < -0.39 is 0 Å². The Labute approximate surface area is 109 Å². The van der Waals surface area contributed by atoms with Crippen molar-refractivity contribution in [2.75, 3.05) is 0 Å². The third kappa shape index (κ3) is 5.26. The molecule has 0 spiro atoms. The summed E-state index contributed by atoms with van der Waals surface area (Å²) >= 11 is 0. The lowest BCUT2D eigenvalue weighted by Crippen LogP contribution is -2.15. The zero-order valence-electron chi connectivity index (χ0n) is 11.3. The third-order valence-electron chi connectivity index (χ3n) is 3.26. The van der Waals surface area contributed by atoms with Crippen molar-refractivity contribution in [2.24, 2.45) is 11.8 Å². The van der Waals surface area contributed by atoms with Crippen molar-refractivity contribution in [3.8, 4) is 0 Å². The summed E-state index contributed by atoms with van der Waals surface area (Å²) in [6.07, 6.45) is 3.69. The first-order valence-corrected chi connectivity index (χ1v) is 6.64. The summed E-state index contributed by atoms with van der Waals surface area (Å²) in [5.74, 6) is 0.339. The van der Waals surface area contributed by atoms with Gasteiger partial charge in [0, 0.05) is 18.8 Å². The molecular formula is C16H22O2. The second-order valence-corrected chi connectivity index (χ2v) is 5.13. The molecule has 0 saturated heterocycles. The minimum Gasteiger partial charge on any atom is -0.303 e. The molecule has 0 amide bonds. The number of carbonyl (C=O) groups is 2. The van der Waals surface area contributed by atoms with Gasteiger partial charge in [-0.3, -0.25) is 4.79 Å². The Morgan fingerprint density at radius 3 is 2.44 bits per heavy atom. The van der Waals surface area contributed by atoms with Crippen LogP contribution in [0.5, 0.6) is 0 Å². The molecule has 2 nitrogen and oxygen atoms in total. The SMILES string of the molecule is CC(C)C(C=O)CC(=O)CCCc1ccccc1. The molecule has 0 aromatic heterocycles. The molecule has 0 bridgehead atoms. The largest absolute Gasteiger partial charge is 0.303 e. The molecule has 2 heteroatoms. The molecule has 0 saturated carbocycles. The fraction of sp³-hybridized carbons (Fsp3) is 0.500. The number of aryl methyl sites for hydroxylation is 1. The predicted molar refractivity (Wildman–Crippen MR) is 73.4 cm³/mol. The van der Waals surface area contributed by atoms with Crippen LogP contribution in [-0.2, 0) is 16.0 Å². The van der Waals surface area contributed by atoms with E-state index in [2.05, 4.69) is 12.1 Å². The van der Waals surface area contributed by atoms with Gasteiger partial charge in [-0.15, -0.1) is 0 Å². The van der Waals surface area contributed by atoms with Gasteiger partial charge in [-0.05, 0) is 24.3 Å². The molecule has 0 aliphatic heterocycles. The number of aldehydes is 1. The lowest BCUT2D eigenvalue weighted by molar-refractivity contribution is -0.123. The molecule has 18 heavy (non-hydrogen) atoms. The van der Waals surface area contributed by atoms with Crippen molar-refractivity contribution in [3.63, 3.8) is 0 Å². The Balaban J connectivity index is 2.27. The van der Waals surface area contributed by atoms with Crippen molar-refractivity contribution in [2.45, 2.75) is 39.5 Å². The number of benzene rings is 1. The number of hydrogen-bond acceptors (Lipinski definition) is 2. The van der Waals surface area contributed by atoms with Gasteiger partial charge >= 0.3 is 0 Å². The smallest absolute Gasteiger partial charge is 0.133 e. The Hall–Kier alpha value is -1.44. The van der Waals surface area contributed by atoms with Crippen LogP contribution in [0.25, 0.3) is 0 Å². The highest BCUT2D eigenvalue weighted by molar-refractivity contribution is 5.81. The summed E-state index contributed by atoms with van der Waals surface area (Å²) in [4.78, 5) is 22.6. The zero-order valence-corrected chi connectivity index (χ0v) is 11.3. The number of rotatable bonds is 8. The Morgan fingerprint density at radius 1 is 1.22 bits per heavy atom. The minimum absolute atomic E-state index is 0.116. The minimum atomic E-state index is -0.116. The molecule has 0 heterocycles. The molecule has 1 aromatic rings. The van der Waals surface area contributed by atoms with Crippen LogP contribution in [-0.4, -0.2) is 12.1 Å². The fourth-order valence-corrected chi connectivity index (χ4v) is 1.94. The Morgan fingerprint density at radius 2 is 1.89 bits per heavy atom. The third-order valence-corrected chi connectivity index (χ3v) is 3.26. The van der Waals surface area contributed by atoms with Crippen LogP contribution >= 0.6 is 0 Å². The molecule has 1 aromatic carbocycles. The lowest BCUT2D eigenvalue weighted by Gasteiger charge is -2.12. The maximum atomic E-state index is 11.7. The summed E-state index contributed by atoms with van der Waals surface area (Å²) in [6, 6.07) is 10.2. The first-order chi connectivity index (χ1) is 8.63. The number of Topliss-reactive ketones (excluding diaryl/α,β-unsaturated/α-hetero) is 1. The number of ketones is 1. The van der Waals surface area contributed by atoms with Crippen molar-refractivity contribution in [1.29, 1.82) is 0 Å². The summed E-state index contributed by atoms with van der Waals surface area (Å²) in [7, 11) is 0. The number of carbonyl (C=O) groups excluding carboxylic acids is 2. The van der Waals surface area contributed by atoms with Crippen LogP contribution in [0, 0.1) is 11.8 Å². The van der Waals surface area contributed by atoms with E-state index in [0.29, 0.717) is 12.8 Å². The van der Waals surface area contributed by atoms with Crippen molar-refractivity contribution >= 4 is 12.1 Å². The van der Waals surface area contributed by atoms with Gasteiger partial charge in [0.15, 0.2) is 0 Å². The van der Waals surface area contributed by atoms with Crippen LogP contribution in [0.1, 0.15) is 38.7 Å². The van der Waals surface area contributed by atoms with Crippen LogP contribution in [0.3, 0.4) is 0 Å². The maximum Gasteiger partial charge on any atom is 0.133 e. The molecule has 0 fully saturated rings. The van der Waals surface area contributed by atoms with Gasteiger partial charge in [-0.25, -0.2) is 0 Å². The molecule has 1 unspecified atom stereocenters. The molecular weight excluding hydrogens is 224 g/mol. The zero-order chi connectivity index (χ0) is 13.4.